The number of carbonyl (C=O) groups excluding carboxylic acids is 2. The molecule has 4 rings (SSSR count). The van der Waals surface area contributed by atoms with Crippen LogP contribution in [0.4, 0.5) is 0 Å². The summed E-state index contributed by atoms with van der Waals surface area (Å²) in [4.78, 5) is 29.0. The van der Waals surface area contributed by atoms with Crippen molar-refractivity contribution in [3.8, 4) is 5.75 Å². The van der Waals surface area contributed by atoms with Crippen LogP contribution in [0.3, 0.4) is 0 Å². The number of hydrogen-bond acceptors (Lipinski definition) is 5. The van der Waals surface area contributed by atoms with Crippen molar-refractivity contribution in [3.63, 3.8) is 0 Å². The first-order valence-corrected chi connectivity index (χ1v) is 12.9. The number of nitrogens with zero attached hydrogens (tertiary/aromatic N) is 3. The van der Waals surface area contributed by atoms with Gasteiger partial charge in [-0.15, -0.1) is 5.75 Å². The van der Waals surface area contributed by atoms with E-state index in [9.17, 15) is 14.7 Å². The average molecular weight is 563 g/mol. The quantitative estimate of drug-likeness (QED) is 0.361. The Morgan fingerprint density at radius 1 is 1.11 bits per heavy atom. The number of rotatable bonds is 10. The molecule has 3 aromatic rings. The first-order chi connectivity index (χ1) is 17.9. The smallest absolute Gasteiger partial charge is 0.872 e. The van der Waals surface area contributed by atoms with Gasteiger partial charge in [-0.25, -0.2) is 0 Å². The Morgan fingerprint density at radius 3 is 2.39 bits per heavy atom. The summed E-state index contributed by atoms with van der Waals surface area (Å²) in [6.45, 7) is 2.04. The molecule has 2 heterocycles. The minimum atomic E-state index is -0.868. The van der Waals surface area contributed by atoms with Crippen molar-refractivity contribution in [3.05, 3.63) is 82.6 Å². The Bertz CT molecular complexity index is 1180. The van der Waals surface area contributed by atoms with Gasteiger partial charge in [-0.05, 0) is 54.5 Å². The van der Waals surface area contributed by atoms with E-state index in [1.165, 1.54) is 12.1 Å². The van der Waals surface area contributed by atoms with Crippen LogP contribution in [0.15, 0.2) is 60.8 Å². The molecule has 0 bridgehead atoms. The molecule has 2 aromatic carbocycles. The van der Waals surface area contributed by atoms with Crippen molar-refractivity contribution in [2.24, 2.45) is 13.0 Å². The van der Waals surface area contributed by atoms with Crippen LogP contribution in [0, 0.1) is 5.92 Å². The largest absolute Gasteiger partial charge is 1.00 e. The molecule has 1 N–H and O–H groups in total. The molecule has 196 valence electrons. The number of aromatic nitrogens is 2. The predicted octanol–water partition coefficient (Wildman–Crippen LogP) is 0.397. The first kappa shape index (κ1) is 30.8. The Balaban J connectivity index is 0.00000400. The van der Waals surface area contributed by atoms with Gasteiger partial charge in [-0.1, -0.05) is 48.0 Å². The Kier molecular flexibility index (Phi) is 12.3. The third-order valence-corrected chi connectivity index (χ3v) is 6.87. The summed E-state index contributed by atoms with van der Waals surface area (Å²) < 4.78 is 7.15. The molecular weight excluding hydrogens is 531 g/mol. The number of amides is 2. The van der Waals surface area contributed by atoms with Crippen molar-refractivity contribution in [1.82, 2.24) is 20.0 Å². The van der Waals surface area contributed by atoms with Crippen LogP contribution in [-0.4, -0.2) is 46.3 Å². The molecule has 1 unspecified atom stereocenters. The summed E-state index contributed by atoms with van der Waals surface area (Å²) >= 11 is 5.99. The maximum Gasteiger partial charge on any atom is 1.00 e. The number of ether oxygens (including phenoxy) is 1. The van der Waals surface area contributed by atoms with E-state index in [0.29, 0.717) is 43.4 Å². The molecule has 1 aliphatic rings. The minimum absolute atomic E-state index is 0. The van der Waals surface area contributed by atoms with E-state index in [1.54, 1.807) is 53.2 Å². The van der Waals surface area contributed by atoms with E-state index in [1.807, 2.05) is 12.1 Å². The van der Waals surface area contributed by atoms with Crippen LogP contribution < -0.4 is 61.8 Å². The van der Waals surface area contributed by atoms with Crippen molar-refractivity contribution < 1.29 is 70.8 Å². The number of nitrogens with one attached hydrogen (secondary N) is 1. The van der Waals surface area contributed by atoms with E-state index in [2.05, 4.69) is 10.4 Å². The monoisotopic (exact) mass is 562 g/mol. The molecule has 1 atom stereocenters. The summed E-state index contributed by atoms with van der Waals surface area (Å²) in [6, 6.07) is 14.7. The Labute approximate surface area is 271 Å². The molecule has 0 saturated carbocycles. The van der Waals surface area contributed by atoms with Crippen molar-refractivity contribution in [1.29, 1.82) is 0 Å². The maximum absolute atomic E-state index is 13.7. The van der Waals surface area contributed by atoms with Gasteiger partial charge in [0.25, 0.3) is 0 Å². The molecule has 1 aromatic heterocycles. The SMILES string of the molecule is Cn1ccc(C(C(=O)NCc2ccc(Cl)cc2)N(CC2CCOCC2)C(=O)CCc2ccc([O-])cc2)n1.[K+]. The van der Waals surface area contributed by atoms with Crippen LogP contribution in [0.1, 0.15) is 42.1 Å². The van der Waals surface area contributed by atoms with E-state index >= 15 is 0 Å². The molecule has 1 fully saturated rings. The second-order valence-electron chi connectivity index (χ2n) is 9.41. The summed E-state index contributed by atoms with van der Waals surface area (Å²) in [5.74, 6) is -0.253. The second kappa shape index (κ2) is 15.2. The van der Waals surface area contributed by atoms with Gasteiger partial charge in [0.05, 0.1) is 5.69 Å². The van der Waals surface area contributed by atoms with Crippen LogP contribution in [0.5, 0.6) is 5.75 Å². The molecule has 0 aliphatic carbocycles. The number of halogens is 1. The third-order valence-electron chi connectivity index (χ3n) is 6.62. The fourth-order valence-corrected chi connectivity index (χ4v) is 4.64. The fourth-order valence-electron chi connectivity index (χ4n) is 4.51. The van der Waals surface area contributed by atoms with E-state index < -0.39 is 6.04 Å². The van der Waals surface area contributed by atoms with Gasteiger partial charge in [0.2, 0.25) is 11.8 Å². The zero-order valence-corrected chi connectivity index (χ0v) is 25.8. The van der Waals surface area contributed by atoms with Gasteiger partial charge >= 0.3 is 51.4 Å². The predicted molar refractivity (Wildman–Crippen MR) is 139 cm³/mol. The summed E-state index contributed by atoms with van der Waals surface area (Å²) in [6.07, 6.45) is 4.13. The summed E-state index contributed by atoms with van der Waals surface area (Å²) in [5, 5.41) is 19.6. The standard InChI is InChI=1S/C28H33ClN4O4.K/c1-32-15-12-25(31-32)27(28(36)30-18-21-2-7-23(29)8-3-21)33(19-22-13-16-37-17-14-22)26(35)11-6-20-4-9-24(34)10-5-20;/h2-5,7-10,12,15,22,27,34H,6,11,13-14,16-19H2,1H3,(H,30,36);/q;+1/p-1. The van der Waals surface area contributed by atoms with Gasteiger partial charge in [0, 0.05) is 51.0 Å². The van der Waals surface area contributed by atoms with Crippen LogP contribution in [0.2, 0.25) is 5.02 Å². The molecule has 38 heavy (non-hydrogen) atoms. The topological polar surface area (TPSA) is 99.5 Å². The van der Waals surface area contributed by atoms with E-state index in [-0.39, 0.29) is 81.3 Å². The third kappa shape index (κ3) is 8.91. The minimum Gasteiger partial charge on any atom is -0.872 e. The van der Waals surface area contributed by atoms with Gasteiger partial charge in [0.15, 0.2) is 6.04 Å². The maximum atomic E-state index is 13.7. The van der Waals surface area contributed by atoms with Crippen LogP contribution in [0.25, 0.3) is 0 Å². The average Bonchev–Trinajstić information content (AvgIpc) is 3.33. The van der Waals surface area contributed by atoms with Gasteiger partial charge in [-0.3, -0.25) is 14.3 Å². The zero-order valence-electron chi connectivity index (χ0n) is 21.9. The Hall–Kier alpha value is -1.72. The summed E-state index contributed by atoms with van der Waals surface area (Å²) in [7, 11) is 1.79. The second-order valence-corrected chi connectivity index (χ2v) is 9.84. The normalized spacial score (nSPS) is 14.4. The number of carbonyl (C=O) groups is 2. The molecule has 2 amide bonds. The first-order valence-electron chi connectivity index (χ1n) is 12.5. The van der Waals surface area contributed by atoms with Gasteiger partial charge in [0.1, 0.15) is 0 Å². The molecule has 1 aliphatic heterocycles. The van der Waals surface area contributed by atoms with E-state index in [4.69, 9.17) is 16.3 Å². The fraction of sp³-hybridized carbons (Fsp3) is 0.393. The van der Waals surface area contributed by atoms with Crippen LogP contribution in [-0.2, 0) is 34.3 Å². The molecule has 0 radical (unpaired) electrons. The van der Waals surface area contributed by atoms with Crippen molar-refractivity contribution in [2.75, 3.05) is 19.8 Å². The van der Waals surface area contributed by atoms with Gasteiger partial charge < -0.3 is 20.1 Å². The van der Waals surface area contributed by atoms with Crippen LogP contribution >= 0.6 is 11.6 Å². The van der Waals surface area contributed by atoms with E-state index in [0.717, 1.165) is 24.0 Å². The number of hydrogen-bond donors (Lipinski definition) is 1. The number of benzene rings is 2. The van der Waals surface area contributed by atoms with Gasteiger partial charge in [-0.2, -0.15) is 5.10 Å². The molecule has 10 heteroatoms. The van der Waals surface area contributed by atoms with Crippen molar-refractivity contribution in [2.45, 2.75) is 38.3 Å². The molecule has 1 saturated heterocycles. The summed E-state index contributed by atoms with van der Waals surface area (Å²) in [5.41, 5.74) is 2.33. The zero-order chi connectivity index (χ0) is 26.2. The molecule has 0 spiro atoms. The molecular formula is C28H32ClKN4O4. The van der Waals surface area contributed by atoms with Crippen molar-refractivity contribution >= 4 is 23.4 Å². The Morgan fingerprint density at radius 2 is 1.76 bits per heavy atom. The number of aryl methyl sites for hydroxylation is 2. The molecule has 8 nitrogen and oxygen atoms in total.